The van der Waals surface area contributed by atoms with E-state index in [1.54, 1.807) is 19.9 Å². The van der Waals surface area contributed by atoms with Crippen molar-refractivity contribution in [2.24, 2.45) is 0 Å². The fraction of sp³-hybridized carbons (Fsp3) is 0.250. The van der Waals surface area contributed by atoms with Crippen LogP contribution in [-0.4, -0.2) is 0 Å². The van der Waals surface area contributed by atoms with Crippen LogP contribution in [0, 0.1) is 13.8 Å². The first-order valence-electron chi connectivity index (χ1n) is 5.12. The van der Waals surface area contributed by atoms with Gasteiger partial charge in [-0.15, -0.1) is 0 Å². The molecule has 3 nitrogen and oxygen atoms in total. The Morgan fingerprint density at radius 1 is 1.22 bits per heavy atom. The quantitative estimate of drug-likeness (QED) is 0.738. The van der Waals surface area contributed by atoms with Crippen molar-refractivity contribution in [3.63, 3.8) is 0 Å². The summed E-state index contributed by atoms with van der Waals surface area (Å²) in [5.41, 5.74) is 3.39. The number of hydrogen-bond donors (Lipinski definition) is 1. The standard InChI is InChI=1S/C12H10F3NO2/c1-5-3-6(2)10-7(4-5)9(16)8(11(17)18-10)12(13,14)15/h3-4H,16H2,1-2H3. The first-order valence-corrected chi connectivity index (χ1v) is 5.12. The molecule has 0 fully saturated rings. The Morgan fingerprint density at radius 2 is 1.83 bits per heavy atom. The first-order chi connectivity index (χ1) is 8.21. The van der Waals surface area contributed by atoms with Crippen molar-refractivity contribution in [1.82, 2.24) is 0 Å². The molecule has 1 heterocycles. The van der Waals surface area contributed by atoms with Gasteiger partial charge >= 0.3 is 11.8 Å². The lowest BCUT2D eigenvalue weighted by atomic mass is 10.0. The van der Waals surface area contributed by atoms with Gasteiger partial charge in [-0.3, -0.25) is 0 Å². The van der Waals surface area contributed by atoms with Crippen LogP contribution >= 0.6 is 0 Å². The topological polar surface area (TPSA) is 56.2 Å². The maximum absolute atomic E-state index is 12.7. The Kier molecular flexibility index (Phi) is 2.61. The van der Waals surface area contributed by atoms with Crippen LogP contribution in [0.3, 0.4) is 0 Å². The molecule has 2 rings (SSSR count). The molecule has 96 valence electrons. The van der Waals surface area contributed by atoms with E-state index in [1.807, 2.05) is 0 Å². The van der Waals surface area contributed by atoms with E-state index in [0.717, 1.165) is 5.56 Å². The SMILES string of the molecule is Cc1cc(C)c2oc(=O)c(C(F)(F)F)c(N)c2c1. The molecule has 6 heteroatoms. The molecular weight excluding hydrogens is 247 g/mol. The number of rotatable bonds is 0. The summed E-state index contributed by atoms with van der Waals surface area (Å²) in [5, 5.41) is 0.111. The van der Waals surface area contributed by atoms with E-state index >= 15 is 0 Å². The van der Waals surface area contributed by atoms with E-state index in [9.17, 15) is 18.0 Å². The molecule has 0 aliphatic carbocycles. The highest BCUT2D eigenvalue weighted by molar-refractivity contribution is 5.92. The molecule has 2 N–H and O–H groups in total. The minimum absolute atomic E-state index is 0.0936. The van der Waals surface area contributed by atoms with E-state index in [0.29, 0.717) is 5.56 Å². The van der Waals surface area contributed by atoms with Crippen LogP contribution in [0.15, 0.2) is 21.3 Å². The predicted molar refractivity (Wildman–Crippen MR) is 61.4 cm³/mol. The van der Waals surface area contributed by atoms with E-state index in [1.165, 1.54) is 6.07 Å². The van der Waals surface area contributed by atoms with Gasteiger partial charge in [-0.05, 0) is 31.0 Å². The maximum atomic E-state index is 12.7. The summed E-state index contributed by atoms with van der Waals surface area (Å²) in [6.07, 6.45) is -4.82. The number of benzene rings is 1. The van der Waals surface area contributed by atoms with E-state index < -0.39 is 23.1 Å². The summed E-state index contributed by atoms with van der Waals surface area (Å²) in [4.78, 5) is 11.4. The summed E-state index contributed by atoms with van der Waals surface area (Å²) < 4.78 is 42.8. The van der Waals surface area contributed by atoms with Crippen molar-refractivity contribution >= 4 is 16.7 Å². The summed E-state index contributed by atoms with van der Waals surface area (Å²) in [6, 6.07) is 3.17. The Balaban J connectivity index is 2.99. The van der Waals surface area contributed by atoms with Gasteiger partial charge < -0.3 is 10.2 Å². The summed E-state index contributed by atoms with van der Waals surface area (Å²) in [5.74, 6) is 0. The number of nitrogen functional groups attached to an aromatic ring is 1. The van der Waals surface area contributed by atoms with Gasteiger partial charge in [0, 0.05) is 5.39 Å². The van der Waals surface area contributed by atoms with Gasteiger partial charge in [0.25, 0.3) is 0 Å². The minimum Gasteiger partial charge on any atom is -0.422 e. The highest BCUT2D eigenvalue weighted by Crippen LogP contribution is 2.35. The van der Waals surface area contributed by atoms with Gasteiger partial charge in [0.2, 0.25) is 0 Å². The van der Waals surface area contributed by atoms with Gasteiger partial charge in [0.15, 0.2) is 5.56 Å². The van der Waals surface area contributed by atoms with E-state index in [4.69, 9.17) is 10.2 Å². The largest absolute Gasteiger partial charge is 0.425 e. The van der Waals surface area contributed by atoms with Gasteiger partial charge in [0.05, 0.1) is 5.69 Å². The van der Waals surface area contributed by atoms with Crippen LogP contribution in [0.4, 0.5) is 18.9 Å². The maximum Gasteiger partial charge on any atom is 0.425 e. The third-order valence-electron chi connectivity index (χ3n) is 2.66. The number of alkyl halides is 3. The van der Waals surface area contributed by atoms with Crippen molar-refractivity contribution in [2.75, 3.05) is 5.73 Å². The molecule has 1 aromatic heterocycles. The average Bonchev–Trinajstić information content (AvgIpc) is 2.18. The molecular formula is C12H10F3NO2. The molecule has 1 aromatic carbocycles. The molecule has 0 atom stereocenters. The zero-order chi connectivity index (χ0) is 13.7. The van der Waals surface area contributed by atoms with Gasteiger partial charge in [-0.25, -0.2) is 4.79 Å². The van der Waals surface area contributed by atoms with E-state index in [-0.39, 0.29) is 11.0 Å². The second-order valence-electron chi connectivity index (χ2n) is 4.13. The Bertz CT molecular complexity index is 686. The molecule has 0 aliphatic heterocycles. The summed E-state index contributed by atoms with van der Waals surface area (Å²) in [7, 11) is 0. The van der Waals surface area contributed by atoms with Gasteiger partial charge in [0.1, 0.15) is 5.58 Å². The highest BCUT2D eigenvalue weighted by atomic mass is 19.4. The van der Waals surface area contributed by atoms with Gasteiger partial charge in [-0.1, -0.05) is 6.07 Å². The van der Waals surface area contributed by atoms with Crippen LogP contribution in [0.2, 0.25) is 0 Å². The molecule has 0 radical (unpaired) electrons. The zero-order valence-corrected chi connectivity index (χ0v) is 9.68. The second kappa shape index (κ2) is 3.76. The summed E-state index contributed by atoms with van der Waals surface area (Å²) in [6.45, 7) is 3.37. The number of anilines is 1. The predicted octanol–water partition coefficient (Wildman–Crippen LogP) is 3.01. The average molecular weight is 257 g/mol. The second-order valence-corrected chi connectivity index (χ2v) is 4.13. The molecule has 0 amide bonds. The van der Waals surface area contributed by atoms with Crippen LogP contribution < -0.4 is 11.4 Å². The fourth-order valence-corrected chi connectivity index (χ4v) is 1.95. The summed E-state index contributed by atoms with van der Waals surface area (Å²) >= 11 is 0. The fourth-order valence-electron chi connectivity index (χ4n) is 1.95. The lowest BCUT2D eigenvalue weighted by Crippen LogP contribution is -2.21. The highest BCUT2D eigenvalue weighted by Gasteiger charge is 2.38. The Labute approximate surface area is 100 Å². The molecule has 0 unspecified atom stereocenters. The molecule has 2 aromatic rings. The lowest BCUT2D eigenvalue weighted by molar-refractivity contribution is -0.138. The molecule has 0 spiro atoms. The molecule has 0 bridgehead atoms. The lowest BCUT2D eigenvalue weighted by Gasteiger charge is -2.11. The van der Waals surface area contributed by atoms with Crippen LogP contribution in [0.25, 0.3) is 11.0 Å². The number of nitrogens with two attached hydrogens (primary N) is 1. The van der Waals surface area contributed by atoms with Gasteiger partial charge in [-0.2, -0.15) is 13.2 Å². The number of halogens is 3. The first kappa shape index (κ1) is 12.5. The minimum atomic E-state index is -4.82. The zero-order valence-electron chi connectivity index (χ0n) is 9.68. The van der Waals surface area contributed by atoms with Crippen molar-refractivity contribution < 1.29 is 17.6 Å². The monoisotopic (exact) mass is 257 g/mol. The van der Waals surface area contributed by atoms with Crippen molar-refractivity contribution in [3.8, 4) is 0 Å². The van der Waals surface area contributed by atoms with E-state index in [2.05, 4.69) is 0 Å². The van der Waals surface area contributed by atoms with Crippen molar-refractivity contribution in [3.05, 3.63) is 39.2 Å². The third kappa shape index (κ3) is 1.83. The Hall–Kier alpha value is -1.98. The van der Waals surface area contributed by atoms with Crippen molar-refractivity contribution in [2.45, 2.75) is 20.0 Å². The van der Waals surface area contributed by atoms with Crippen LogP contribution in [-0.2, 0) is 6.18 Å². The molecule has 18 heavy (non-hydrogen) atoms. The molecule has 0 aliphatic rings. The van der Waals surface area contributed by atoms with Crippen molar-refractivity contribution in [1.29, 1.82) is 0 Å². The van der Waals surface area contributed by atoms with Crippen LogP contribution in [0.1, 0.15) is 16.7 Å². The third-order valence-corrected chi connectivity index (χ3v) is 2.66. The molecule has 0 saturated heterocycles. The number of fused-ring (bicyclic) bond motifs is 1. The smallest absolute Gasteiger partial charge is 0.422 e. The molecule has 0 saturated carbocycles. The van der Waals surface area contributed by atoms with Crippen LogP contribution in [0.5, 0.6) is 0 Å². The number of hydrogen-bond acceptors (Lipinski definition) is 3. The normalized spacial score (nSPS) is 12.1. The number of aryl methyl sites for hydroxylation is 2. The Morgan fingerprint density at radius 3 is 2.39 bits per heavy atom.